The molecule has 98 valence electrons. The number of carboxylic acids is 1. The average Bonchev–Trinajstić information content (AvgIpc) is 2.84. The molecule has 0 aromatic heterocycles. The number of hydrogen-bond donors (Lipinski definition) is 2. The van der Waals surface area contributed by atoms with Gasteiger partial charge in [0.2, 0.25) is 0 Å². The monoisotopic (exact) mass is 239 g/mol. The van der Waals surface area contributed by atoms with Gasteiger partial charge in [-0.3, -0.25) is 4.79 Å². The van der Waals surface area contributed by atoms with Crippen molar-refractivity contribution in [1.82, 2.24) is 5.32 Å². The Hall–Kier alpha value is -0.570. The molecule has 2 fully saturated rings. The van der Waals surface area contributed by atoms with Crippen molar-refractivity contribution in [2.24, 2.45) is 23.7 Å². The third-order valence-electron chi connectivity index (χ3n) is 4.47. The highest BCUT2D eigenvalue weighted by Crippen LogP contribution is 2.44. The predicted molar refractivity (Wildman–Crippen MR) is 67.8 cm³/mol. The molecule has 4 unspecified atom stereocenters. The van der Waals surface area contributed by atoms with E-state index >= 15 is 0 Å². The number of carbonyl (C=O) groups is 1. The maximum Gasteiger partial charge on any atom is 0.307 e. The van der Waals surface area contributed by atoms with Crippen LogP contribution in [0.2, 0.25) is 0 Å². The molecule has 0 saturated heterocycles. The van der Waals surface area contributed by atoms with Crippen LogP contribution in [0.5, 0.6) is 0 Å². The van der Waals surface area contributed by atoms with Gasteiger partial charge in [0.05, 0.1) is 5.92 Å². The van der Waals surface area contributed by atoms with Gasteiger partial charge in [0.15, 0.2) is 0 Å². The van der Waals surface area contributed by atoms with Crippen LogP contribution in [0.1, 0.15) is 46.0 Å². The number of nitrogens with one attached hydrogen (secondary N) is 1. The van der Waals surface area contributed by atoms with Crippen LogP contribution in [0.15, 0.2) is 0 Å². The summed E-state index contributed by atoms with van der Waals surface area (Å²) < 4.78 is 0. The molecular formula is C14H25NO2. The van der Waals surface area contributed by atoms with Gasteiger partial charge in [0, 0.05) is 12.6 Å². The van der Waals surface area contributed by atoms with E-state index in [4.69, 9.17) is 0 Å². The summed E-state index contributed by atoms with van der Waals surface area (Å²) in [5.41, 5.74) is 0. The zero-order valence-electron chi connectivity index (χ0n) is 11.0. The molecule has 2 saturated carbocycles. The summed E-state index contributed by atoms with van der Waals surface area (Å²) in [5, 5.41) is 12.7. The SMILES string of the molecule is CC(C)CC(CNC1CC2CCC1C2)C(=O)O. The fraction of sp³-hybridized carbons (Fsp3) is 0.929. The summed E-state index contributed by atoms with van der Waals surface area (Å²) in [5.74, 6) is 1.35. The lowest BCUT2D eigenvalue weighted by Crippen LogP contribution is -2.39. The molecule has 2 aliphatic carbocycles. The molecule has 4 atom stereocenters. The van der Waals surface area contributed by atoms with Gasteiger partial charge in [0.25, 0.3) is 0 Å². The summed E-state index contributed by atoms with van der Waals surface area (Å²) in [6.45, 7) is 4.84. The van der Waals surface area contributed by atoms with Crippen LogP contribution in [0.3, 0.4) is 0 Å². The van der Waals surface area contributed by atoms with Gasteiger partial charge in [-0.05, 0) is 43.4 Å². The minimum atomic E-state index is -0.644. The fourth-order valence-corrected chi connectivity index (χ4v) is 3.63. The molecule has 0 amide bonds. The lowest BCUT2D eigenvalue weighted by atomic mass is 9.93. The van der Waals surface area contributed by atoms with Crippen LogP contribution in [-0.2, 0) is 4.79 Å². The first-order chi connectivity index (χ1) is 8.06. The van der Waals surface area contributed by atoms with E-state index in [9.17, 15) is 9.90 Å². The van der Waals surface area contributed by atoms with Crippen molar-refractivity contribution in [2.45, 2.75) is 52.0 Å². The van der Waals surface area contributed by atoms with Crippen LogP contribution < -0.4 is 5.32 Å². The van der Waals surface area contributed by atoms with Crippen molar-refractivity contribution in [3.8, 4) is 0 Å². The van der Waals surface area contributed by atoms with Gasteiger partial charge < -0.3 is 10.4 Å². The molecule has 3 heteroatoms. The Kier molecular flexibility index (Phi) is 4.08. The molecule has 2 N–H and O–H groups in total. The molecule has 3 nitrogen and oxygen atoms in total. The average molecular weight is 239 g/mol. The Morgan fingerprint density at radius 3 is 2.59 bits per heavy atom. The van der Waals surface area contributed by atoms with Gasteiger partial charge in [-0.2, -0.15) is 0 Å². The number of carboxylic acid groups (broad SMARTS) is 1. The first-order valence-electron chi connectivity index (χ1n) is 7.02. The zero-order valence-corrected chi connectivity index (χ0v) is 11.0. The van der Waals surface area contributed by atoms with Gasteiger partial charge in [-0.1, -0.05) is 20.3 Å². The lowest BCUT2D eigenvalue weighted by molar-refractivity contribution is -0.142. The number of aliphatic carboxylic acids is 1. The van der Waals surface area contributed by atoms with Crippen molar-refractivity contribution >= 4 is 5.97 Å². The van der Waals surface area contributed by atoms with E-state index in [0.717, 1.165) is 18.3 Å². The van der Waals surface area contributed by atoms with Crippen LogP contribution in [0, 0.1) is 23.7 Å². The first kappa shape index (κ1) is 12.9. The first-order valence-corrected chi connectivity index (χ1v) is 7.02. The Bertz CT molecular complexity index is 277. The quantitative estimate of drug-likeness (QED) is 0.748. The smallest absolute Gasteiger partial charge is 0.307 e. The molecule has 0 aromatic carbocycles. The molecule has 17 heavy (non-hydrogen) atoms. The molecule has 2 rings (SSSR count). The van der Waals surface area contributed by atoms with Crippen molar-refractivity contribution in [2.75, 3.05) is 6.54 Å². The number of hydrogen-bond acceptors (Lipinski definition) is 2. The van der Waals surface area contributed by atoms with Gasteiger partial charge >= 0.3 is 5.97 Å². The van der Waals surface area contributed by atoms with E-state index in [0.29, 0.717) is 18.5 Å². The highest BCUT2D eigenvalue weighted by atomic mass is 16.4. The molecular weight excluding hydrogens is 214 g/mol. The van der Waals surface area contributed by atoms with Crippen molar-refractivity contribution in [1.29, 1.82) is 0 Å². The molecule has 2 bridgehead atoms. The molecule has 0 aliphatic heterocycles. The Labute approximate surface area is 104 Å². The van der Waals surface area contributed by atoms with Crippen molar-refractivity contribution < 1.29 is 9.90 Å². The third-order valence-corrected chi connectivity index (χ3v) is 4.47. The highest BCUT2D eigenvalue weighted by Gasteiger charge is 2.39. The van der Waals surface area contributed by atoms with Crippen LogP contribution in [0.4, 0.5) is 0 Å². The lowest BCUT2D eigenvalue weighted by Gasteiger charge is -2.25. The molecule has 0 radical (unpaired) electrons. The molecule has 2 aliphatic rings. The standard InChI is InChI=1S/C14H25NO2/c1-9(2)5-12(14(16)17)8-15-13-7-10-3-4-11(13)6-10/h9-13,15H,3-8H2,1-2H3,(H,16,17). The van der Waals surface area contributed by atoms with Gasteiger partial charge in [-0.25, -0.2) is 0 Å². The van der Waals surface area contributed by atoms with E-state index in [2.05, 4.69) is 19.2 Å². The van der Waals surface area contributed by atoms with E-state index < -0.39 is 5.97 Å². The van der Waals surface area contributed by atoms with Crippen LogP contribution in [0.25, 0.3) is 0 Å². The fourth-order valence-electron chi connectivity index (χ4n) is 3.63. The van der Waals surface area contributed by atoms with E-state index in [-0.39, 0.29) is 5.92 Å². The normalized spacial score (nSPS) is 33.2. The van der Waals surface area contributed by atoms with Crippen molar-refractivity contribution in [3.05, 3.63) is 0 Å². The van der Waals surface area contributed by atoms with E-state index in [1.165, 1.54) is 25.7 Å². The maximum absolute atomic E-state index is 11.2. The Morgan fingerprint density at radius 1 is 1.35 bits per heavy atom. The zero-order chi connectivity index (χ0) is 12.4. The summed E-state index contributed by atoms with van der Waals surface area (Å²) in [6.07, 6.45) is 6.18. The van der Waals surface area contributed by atoms with E-state index in [1.54, 1.807) is 0 Å². The minimum Gasteiger partial charge on any atom is -0.481 e. The van der Waals surface area contributed by atoms with E-state index in [1.807, 2.05) is 0 Å². The van der Waals surface area contributed by atoms with Crippen LogP contribution in [-0.4, -0.2) is 23.7 Å². The Morgan fingerprint density at radius 2 is 2.12 bits per heavy atom. The summed E-state index contributed by atoms with van der Waals surface area (Å²) in [6, 6.07) is 0.600. The van der Waals surface area contributed by atoms with Crippen LogP contribution >= 0.6 is 0 Å². The van der Waals surface area contributed by atoms with Gasteiger partial charge in [0.1, 0.15) is 0 Å². The van der Waals surface area contributed by atoms with Crippen molar-refractivity contribution in [3.63, 3.8) is 0 Å². The topological polar surface area (TPSA) is 49.3 Å². The minimum absolute atomic E-state index is 0.214. The largest absolute Gasteiger partial charge is 0.481 e. The maximum atomic E-state index is 11.2. The Balaban J connectivity index is 1.77. The molecule has 0 aromatic rings. The second-order valence-corrected chi connectivity index (χ2v) is 6.35. The predicted octanol–water partition coefficient (Wildman–Crippen LogP) is 2.51. The second-order valence-electron chi connectivity index (χ2n) is 6.35. The second kappa shape index (κ2) is 5.38. The summed E-state index contributed by atoms with van der Waals surface area (Å²) in [4.78, 5) is 11.2. The molecule has 0 heterocycles. The molecule has 0 spiro atoms. The van der Waals surface area contributed by atoms with Gasteiger partial charge in [-0.15, -0.1) is 0 Å². The third kappa shape index (κ3) is 3.21. The number of fused-ring (bicyclic) bond motifs is 2. The summed E-state index contributed by atoms with van der Waals surface area (Å²) in [7, 11) is 0. The highest BCUT2D eigenvalue weighted by molar-refractivity contribution is 5.70. The number of rotatable bonds is 6. The summed E-state index contributed by atoms with van der Waals surface area (Å²) >= 11 is 0.